The summed E-state index contributed by atoms with van der Waals surface area (Å²) in [4.78, 5) is 8.84. The van der Waals surface area contributed by atoms with Crippen molar-refractivity contribution in [1.82, 2.24) is 31.0 Å². The second-order valence-corrected chi connectivity index (χ2v) is 7.24. The molecule has 1 atom stereocenters. The summed E-state index contributed by atoms with van der Waals surface area (Å²) >= 11 is 6.19. The van der Waals surface area contributed by atoms with Crippen LogP contribution < -0.4 is 21.5 Å². The number of hydrogen-bond donors (Lipinski definition) is 5. The van der Waals surface area contributed by atoms with Crippen LogP contribution in [0.3, 0.4) is 0 Å². The van der Waals surface area contributed by atoms with Crippen molar-refractivity contribution >= 4 is 34.3 Å². The van der Waals surface area contributed by atoms with Gasteiger partial charge in [-0.05, 0) is 48.6 Å². The number of halogens is 1. The lowest BCUT2D eigenvalue weighted by Gasteiger charge is -2.13. The zero-order valence-electron chi connectivity index (χ0n) is 16.5. The smallest absolute Gasteiger partial charge is 0.224 e. The highest BCUT2D eigenvalue weighted by atomic mass is 35.5. The molecule has 2 aliphatic rings. The monoisotopic (exact) mass is 412 g/mol. The van der Waals surface area contributed by atoms with Gasteiger partial charge in [-0.3, -0.25) is 5.10 Å². The summed E-state index contributed by atoms with van der Waals surface area (Å²) in [6.45, 7) is 4.55. The number of benzene rings is 1. The van der Waals surface area contributed by atoms with Crippen LogP contribution in [0, 0.1) is 5.92 Å². The molecule has 1 fully saturated rings. The van der Waals surface area contributed by atoms with Crippen LogP contribution in [0.1, 0.15) is 32.3 Å². The normalized spacial score (nSPS) is 17.9. The summed E-state index contributed by atoms with van der Waals surface area (Å²) < 4.78 is 0. The van der Waals surface area contributed by atoms with E-state index >= 15 is 0 Å². The number of H-pyrrole nitrogens is 1. The predicted octanol–water partition coefficient (Wildman–Crippen LogP) is 3.78. The van der Waals surface area contributed by atoms with Crippen molar-refractivity contribution < 1.29 is 0 Å². The third-order valence-electron chi connectivity index (χ3n) is 4.74. The highest BCUT2D eigenvalue weighted by Crippen LogP contribution is 2.36. The molecule has 152 valence electrons. The van der Waals surface area contributed by atoms with Crippen molar-refractivity contribution in [2.45, 2.75) is 39.4 Å². The minimum atomic E-state index is 0.0156. The molecule has 29 heavy (non-hydrogen) atoms. The van der Waals surface area contributed by atoms with Gasteiger partial charge in [0.15, 0.2) is 0 Å². The van der Waals surface area contributed by atoms with Crippen molar-refractivity contribution in [2.24, 2.45) is 5.92 Å². The number of aromatic amines is 1. The molecule has 1 aromatic carbocycles. The van der Waals surface area contributed by atoms with Crippen molar-refractivity contribution in [1.29, 1.82) is 0 Å². The summed E-state index contributed by atoms with van der Waals surface area (Å²) in [5.41, 5.74) is 9.67. The number of nitrogens with one attached hydrogen (secondary N) is 5. The van der Waals surface area contributed by atoms with Crippen molar-refractivity contribution in [3.63, 3.8) is 0 Å². The van der Waals surface area contributed by atoms with Gasteiger partial charge in [0.1, 0.15) is 12.0 Å². The quantitative estimate of drug-likeness (QED) is 0.419. The minimum absolute atomic E-state index is 0.0156. The number of nitrogens with zero attached hydrogens (tertiary/aromatic N) is 3. The van der Waals surface area contributed by atoms with E-state index in [1.54, 1.807) is 12.4 Å². The summed E-state index contributed by atoms with van der Waals surface area (Å²) in [7, 11) is 0. The highest BCUT2D eigenvalue weighted by Gasteiger charge is 2.29. The van der Waals surface area contributed by atoms with Crippen LogP contribution in [0.2, 0.25) is 5.02 Å². The fourth-order valence-electron chi connectivity index (χ4n) is 3.22. The highest BCUT2D eigenvalue weighted by molar-refractivity contribution is 6.31. The van der Waals surface area contributed by atoms with E-state index in [4.69, 9.17) is 11.6 Å². The van der Waals surface area contributed by atoms with Crippen LogP contribution in [0.5, 0.6) is 0 Å². The average Bonchev–Trinajstić information content (AvgIpc) is 3.30. The standard InChI is InChI=1S/C18H19ClN8.C2H6/c19-12-5-11(13-9-22-25-15(13)6-12)8-21-18-20-4-3-16(24-18)23-17-7-14(26-27-17)10-1-2-10;1-2/h3-7,9-10,17,26-27H,1-2,8H2,(H,22,25)(H2,20,21,23,24);1-2H3. The molecule has 1 unspecified atom stereocenters. The second-order valence-electron chi connectivity index (χ2n) is 6.80. The molecule has 3 aromatic rings. The molecule has 5 rings (SSSR count). The maximum atomic E-state index is 6.19. The zero-order chi connectivity index (χ0) is 20.2. The molecule has 9 heteroatoms. The predicted molar refractivity (Wildman–Crippen MR) is 116 cm³/mol. The molecule has 0 amide bonds. The van der Waals surface area contributed by atoms with E-state index < -0.39 is 0 Å². The molecule has 2 aromatic heterocycles. The average molecular weight is 413 g/mol. The number of fused-ring (bicyclic) bond motifs is 1. The van der Waals surface area contributed by atoms with Crippen LogP contribution in [0.25, 0.3) is 10.9 Å². The molecule has 5 N–H and O–H groups in total. The molecular weight excluding hydrogens is 388 g/mol. The van der Waals surface area contributed by atoms with E-state index in [9.17, 15) is 0 Å². The van der Waals surface area contributed by atoms with Gasteiger partial charge in [-0.2, -0.15) is 10.1 Å². The lowest BCUT2D eigenvalue weighted by atomic mass is 10.1. The van der Waals surface area contributed by atoms with Gasteiger partial charge in [-0.25, -0.2) is 10.4 Å². The Morgan fingerprint density at radius 3 is 2.93 bits per heavy atom. The molecular formula is C20H25ClN8. The minimum Gasteiger partial charge on any atom is -0.350 e. The summed E-state index contributed by atoms with van der Waals surface area (Å²) in [6, 6.07) is 5.64. The first-order valence-corrected chi connectivity index (χ1v) is 10.3. The largest absolute Gasteiger partial charge is 0.350 e. The topological polar surface area (TPSA) is 103 Å². The second kappa shape index (κ2) is 8.67. The number of rotatable bonds is 6. The molecule has 1 saturated carbocycles. The molecule has 0 spiro atoms. The molecule has 1 aliphatic heterocycles. The van der Waals surface area contributed by atoms with Gasteiger partial charge in [-0.15, -0.1) is 0 Å². The lowest BCUT2D eigenvalue weighted by Crippen LogP contribution is -2.37. The fraction of sp³-hybridized carbons (Fsp3) is 0.350. The van der Waals surface area contributed by atoms with Crippen molar-refractivity contribution in [3.8, 4) is 0 Å². The number of anilines is 2. The van der Waals surface area contributed by atoms with Crippen LogP contribution >= 0.6 is 11.6 Å². The number of hydrogen-bond acceptors (Lipinski definition) is 7. The molecule has 0 radical (unpaired) electrons. The van der Waals surface area contributed by atoms with Crippen molar-refractivity contribution in [2.75, 3.05) is 10.6 Å². The molecule has 0 saturated heterocycles. The first-order chi connectivity index (χ1) is 14.2. The zero-order valence-corrected chi connectivity index (χ0v) is 17.2. The van der Waals surface area contributed by atoms with E-state index in [-0.39, 0.29) is 6.17 Å². The van der Waals surface area contributed by atoms with Crippen LogP contribution in [0.4, 0.5) is 11.8 Å². The van der Waals surface area contributed by atoms with E-state index in [2.05, 4.69) is 47.7 Å². The van der Waals surface area contributed by atoms with Crippen molar-refractivity contribution in [3.05, 3.63) is 53.0 Å². The number of hydrazine groups is 1. The van der Waals surface area contributed by atoms with Crippen LogP contribution in [0.15, 0.2) is 42.4 Å². The Hall–Kier alpha value is -2.84. The number of aromatic nitrogens is 4. The molecule has 0 bridgehead atoms. The Morgan fingerprint density at radius 1 is 1.24 bits per heavy atom. The Morgan fingerprint density at radius 2 is 2.10 bits per heavy atom. The summed E-state index contributed by atoms with van der Waals surface area (Å²) in [6.07, 6.45) is 8.25. The van der Waals surface area contributed by atoms with Crippen LogP contribution in [-0.4, -0.2) is 26.3 Å². The van der Waals surface area contributed by atoms with E-state index in [1.807, 2.05) is 32.0 Å². The first kappa shape index (κ1) is 19.5. The SMILES string of the molecule is CC.Clc1cc(CNc2nccc(NC3C=C(C4CC4)NN3)n2)c2cn[nH]c2c1. The first-order valence-electron chi connectivity index (χ1n) is 9.93. The lowest BCUT2D eigenvalue weighted by molar-refractivity contribution is 0.599. The maximum absolute atomic E-state index is 6.19. The number of allylic oxidation sites excluding steroid dienone is 1. The summed E-state index contributed by atoms with van der Waals surface area (Å²) in [5, 5.41) is 15.3. The van der Waals surface area contributed by atoms with Gasteiger partial charge in [0.2, 0.25) is 5.95 Å². The Labute approximate surface area is 174 Å². The van der Waals surface area contributed by atoms with Gasteiger partial charge in [0, 0.05) is 28.8 Å². The van der Waals surface area contributed by atoms with Gasteiger partial charge >= 0.3 is 0 Å². The Kier molecular flexibility index (Phi) is 5.82. The Bertz CT molecular complexity index is 1010. The molecule has 8 nitrogen and oxygen atoms in total. The van der Waals surface area contributed by atoms with Crippen LogP contribution in [-0.2, 0) is 6.54 Å². The maximum Gasteiger partial charge on any atom is 0.224 e. The van der Waals surface area contributed by atoms with Gasteiger partial charge < -0.3 is 16.1 Å². The van der Waals surface area contributed by atoms with E-state index in [0.29, 0.717) is 23.4 Å². The van der Waals surface area contributed by atoms with Gasteiger partial charge in [-0.1, -0.05) is 25.4 Å². The molecule has 3 heterocycles. The van der Waals surface area contributed by atoms with Gasteiger partial charge in [0.25, 0.3) is 0 Å². The third kappa shape index (κ3) is 4.60. The van der Waals surface area contributed by atoms with Gasteiger partial charge in [0.05, 0.1) is 11.7 Å². The third-order valence-corrected chi connectivity index (χ3v) is 4.96. The van der Waals surface area contributed by atoms with E-state index in [0.717, 1.165) is 22.3 Å². The Balaban J connectivity index is 0.000000994. The molecule has 1 aliphatic carbocycles. The van der Waals surface area contributed by atoms with E-state index in [1.165, 1.54) is 18.5 Å². The summed E-state index contributed by atoms with van der Waals surface area (Å²) in [5.74, 6) is 1.98. The fourth-order valence-corrected chi connectivity index (χ4v) is 3.46.